The molecule has 0 aliphatic carbocycles. The summed E-state index contributed by atoms with van der Waals surface area (Å²) in [4.78, 5) is 31.1. The molecule has 1 fully saturated rings. The first-order valence-corrected chi connectivity index (χ1v) is 11.0. The van der Waals surface area contributed by atoms with Gasteiger partial charge in [0.15, 0.2) is 11.4 Å². The number of aromatic nitrogens is 4. The normalized spacial score (nSPS) is 13.5. The molecule has 4 heterocycles. The van der Waals surface area contributed by atoms with Crippen molar-refractivity contribution in [2.75, 3.05) is 39.7 Å². The third kappa shape index (κ3) is 5.62. The van der Waals surface area contributed by atoms with E-state index in [-0.39, 0.29) is 23.6 Å². The van der Waals surface area contributed by atoms with Gasteiger partial charge < -0.3 is 24.4 Å². The first kappa shape index (κ1) is 23.8. The van der Waals surface area contributed by atoms with Crippen LogP contribution in [0.3, 0.4) is 0 Å². The third-order valence-electron chi connectivity index (χ3n) is 5.30. The van der Waals surface area contributed by atoms with Crippen LogP contribution in [-0.2, 0) is 4.74 Å². The van der Waals surface area contributed by atoms with Crippen LogP contribution in [0, 0.1) is 11.3 Å². The number of nitriles is 1. The lowest BCUT2D eigenvalue weighted by Gasteiger charge is -2.23. The van der Waals surface area contributed by atoms with E-state index in [9.17, 15) is 10.1 Å². The highest BCUT2D eigenvalue weighted by Crippen LogP contribution is 2.26. The molecule has 35 heavy (non-hydrogen) atoms. The van der Waals surface area contributed by atoms with Crippen molar-refractivity contribution in [2.45, 2.75) is 18.9 Å². The summed E-state index contributed by atoms with van der Waals surface area (Å²) in [5.74, 6) is 1.32. The molecular weight excluding hydrogens is 450 g/mol. The van der Waals surface area contributed by atoms with E-state index in [1.165, 1.54) is 18.3 Å². The van der Waals surface area contributed by atoms with Gasteiger partial charge in [-0.2, -0.15) is 10.2 Å². The van der Waals surface area contributed by atoms with Crippen molar-refractivity contribution < 1.29 is 19.0 Å². The predicted molar refractivity (Wildman–Crippen MR) is 127 cm³/mol. The second kappa shape index (κ2) is 10.8. The van der Waals surface area contributed by atoms with Crippen LogP contribution in [0.15, 0.2) is 36.7 Å². The molecule has 0 unspecified atom stereocenters. The number of hydrogen-bond donors (Lipinski definition) is 1. The van der Waals surface area contributed by atoms with Gasteiger partial charge in [-0.05, 0) is 24.3 Å². The molecule has 0 saturated carbocycles. The lowest BCUT2D eigenvalue weighted by molar-refractivity contribution is 0.0253. The summed E-state index contributed by atoms with van der Waals surface area (Å²) in [6, 6.07) is 10.6. The van der Waals surface area contributed by atoms with Gasteiger partial charge in [-0.25, -0.2) is 15.0 Å². The number of amides is 1. The van der Waals surface area contributed by atoms with Crippen LogP contribution in [-0.4, -0.2) is 71.3 Å². The first-order valence-electron chi connectivity index (χ1n) is 11.0. The zero-order valence-corrected chi connectivity index (χ0v) is 19.7. The molecule has 0 aromatic carbocycles. The van der Waals surface area contributed by atoms with Crippen molar-refractivity contribution in [1.82, 2.24) is 24.8 Å². The quantitative estimate of drug-likeness (QED) is 0.543. The minimum absolute atomic E-state index is 0.00209. The van der Waals surface area contributed by atoms with Gasteiger partial charge in [-0.3, -0.25) is 4.79 Å². The fraction of sp³-hybridized carbons (Fsp3) is 0.333. The van der Waals surface area contributed by atoms with Crippen molar-refractivity contribution in [3.63, 3.8) is 0 Å². The van der Waals surface area contributed by atoms with Crippen LogP contribution in [0.25, 0.3) is 11.4 Å². The summed E-state index contributed by atoms with van der Waals surface area (Å²) in [6.07, 6.45) is 2.94. The van der Waals surface area contributed by atoms with Gasteiger partial charge in [0.2, 0.25) is 5.88 Å². The van der Waals surface area contributed by atoms with Crippen molar-refractivity contribution in [2.24, 2.45) is 0 Å². The van der Waals surface area contributed by atoms with Crippen molar-refractivity contribution in [3.05, 3.63) is 47.9 Å². The average molecular weight is 476 g/mol. The summed E-state index contributed by atoms with van der Waals surface area (Å²) in [5, 5.41) is 12.7. The van der Waals surface area contributed by atoms with E-state index < -0.39 is 0 Å². The number of anilines is 2. The molecule has 0 atom stereocenters. The fourth-order valence-corrected chi connectivity index (χ4v) is 3.50. The second-order valence-electron chi connectivity index (χ2n) is 7.95. The predicted octanol–water partition coefficient (Wildman–Crippen LogP) is 2.82. The summed E-state index contributed by atoms with van der Waals surface area (Å²) in [7, 11) is 4.77. The van der Waals surface area contributed by atoms with Gasteiger partial charge in [0.25, 0.3) is 5.91 Å². The molecule has 1 N–H and O–H groups in total. The van der Waals surface area contributed by atoms with Gasteiger partial charge in [0.1, 0.15) is 35.7 Å². The van der Waals surface area contributed by atoms with Crippen LogP contribution in [0.4, 0.5) is 11.6 Å². The summed E-state index contributed by atoms with van der Waals surface area (Å²) < 4.78 is 16.6. The molecule has 3 aromatic rings. The maximum Gasteiger partial charge on any atom is 0.258 e. The van der Waals surface area contributed by atoms with Crippen LogP contribution >= 0.6 is 0 Å². The van der Waals surface area contributed by atoms with E-state index in [0.717, 1.165) is 12.8 Å². The van der Waals surface area contributed by atoms with E-state index in [0.29, 0.717) is 47.6 Å². The number of carbonyl (C=O) groups is 1. The zero-order chi connectivity index (χ0) is 24.8. The molecule has 1 saturated heterocycles. The zero-order valence-electron chi connectivity index (χ0n) is 19.7. The lowest BCUT2D eigenvalue weighted by Crippen LogP contribution is -2.26. The minimum Gasteiger partial charge on any atom is -0.487 e. The monoisotopic (exact) mass is 475 g/mol. The molecule has 0 spiro atoms. The SMILES string of the molecule is COc1nc(Nc2cc(-c3ccc(OC4CCOCC4)c(C#N)n3)ncn2)ccc1C(=O)N(C)C. The van der Waals surface area contributed by atoms with Crippen molar-refractivity contribution in [3.8, 4) is 29.1 Å². The molecule has 1 aliphatic rings. The smallest absolute Gasteiger partial charge is 0.258 e. The van der Waals surface area contributed by atoms with E-state index in [1.54, 1.807) is 44.4 Å². The number of carbonyl (C=O) groups excluding carboxylic acids is 1. The molecule has 1 aliphatic heterocycles. The van der Waals surface area contributed by atoms with Crippen molar-refractivity contribution >= 4 is 17.5 Å². The highest BCUT2D eigenvalue weighted by Gasteiger charge is 2.19. The number of ether oxygens (including phenoxy) is 3. The third-order valence-corrected chi connectivity index (χ3v) is 5.30. The maximum absolute atomic E-state index is 12.3. The molecule has 0 bridgehead atoms. The Morgan fingerprint density at radius 2 is 1.91 bits per heavy atom. The molecule has 4 rings (SSSR count). The molecule has 11 nitrogen and oxygen atoms in total. The van der Waals surface area contributed by atoms with Crippen molar-refractivity contribution in [1.29, 1.82) is 5.26 Å². The Labute approximate surface area is 202 Å². The Bertz CT molecular complexity index is 1250. The molecule has 0 radical (unpaired) electrons. The molecule has 3 aromatic heterocycles. The van der Waals surface area contributed by atoms with Gasteiger partial charge in [0, 0.05) is 33.0 Å². The summed E-state index contributed by atoms with van der Waals surface area (Å²) in [6.45, 7) is 1.29. The Balaban J connectivity index is 1.54. The number of pyridine rings is 2. The molecular formula is C24H25N7O4. The van der Waals surface area contributed by atoms with Gasteiger partial charge in [-0.1, -0.05) is 0 Å². The van der Waals surface area contributed by atoms with Gasteiger partial charge in [0.05, 0.1) is 31.7 Å². The van der Waals surface area contributed by atoms with E-state index >= 15 is 0 Å². The highest BCUT2D eigenvalue weighted by molar-refractivity contribution is 5.96. The van der Waals surface area contributed by atoms with Crippen LogP contribution < -0.4 is 14.8 Å². The summed E-state index contributed by atoms with van der Waals surface area (Å²) >= 11 is 0. The Kier molecular flexibility index (Phi) is 7.32. The van der Waals surface area contributed by atoms with Crippen LogP contribution in [0.5, 0.6) is 11.6 Å². The van der Waals surface area contributed by atoms with Crippen LogP contribution in [0.1, 0.15) is 28.9 Å². The van der Waals surface area contributed by atoms with E-state index in [1.807, 2.05) is 0 Å². The standard InChI is InChI=1S/C24H25N7O4/c1-31(2)24(32)16-4-7-21(30-23(16)33-3)29-22-12-18(26-14-27-22)17-5-6-20(19(13-25)28-17)35-15-8-10-34-11-9-15/h4-7,12,14-15H,8-11H2,1-3H3,(H,26,27,29,30). The number of hydrogen-bond acceptors (Lipinski definition) is 10. The number of rotatable bonds is 7. The lowest BCUT2D eigenvalue weighted by atomic mass is 10.1. The Morgan fingerprint density at radius 3 is 2.63 bits per heavy atom. The largest absolute Gasteiger partial charge is 0.487 e. The highest BCUT2D eigenvalue weighted by atomic mass is 16.5. The number of methoxy groups -OCH3 is 1. The minimum atomic E-state index is -0.214. The molecule has 180 valence electrons. The number of nitrogens with zero attached hydrogens (tertiary/aromatic N) is 6. The Hall–Kier alpha value is -4.30. The van der Waals surface area contributed by atoms with Gasteiger partial charge in [-0.15, -0.1) is 0 Å². The molecule has 11 heteroatoms. The topological polar surface area (TPSA) is 135 Å². The average Bonchev–Trinajstić information content (AvgIpc) is 2.89. The first-order chi connectivity index (χ1) is 17.0. The number of nitrogens with one attached hydrogen (secondary N) is 1. The van der Waals surface area contributed by atoms with Crippen LogP contribution in [0.2, 0.25) is 0 Å². The Morgan fingerprint density at radius 1 is 1.11 bits per heavy atom. The maximum atomic E-state index is 12.3. The fourth-order valence-electron chi connectivity index (χ4n) is 3.50. The van der Waals surface area contributed by atoms with E-state index in [2.05, 4.69) is 31.3 Å². The van der Waals surface area contributed by atoms with E-state index in [4.69, 9.17) is 14.2 Å². The summed E-state index contributed by atoms with van der Waals surface area (Å²) in [5.41, 5.74) is 1.56. The second-order valence-corrected chi connectivity index (χ2v) is 7.95. The van der Waals surface area contributed by atoms with Gasteiger partial charge >= 0.3 is 0 Å². The molecule has 1 amide bonds.